The number of ether oxygens (including phenoxy) is 1. The second-order valence-corrected chi connectivity index (χ2v) is 3.99. The number of hydrogen-bond donors (Lipinski definition) is 0. The molecule has 0 spiro atoms. The summed E-state index contributed by atoms with van der Waals surface area (Å²) in [4.78, 5) is 11.3. The molecule has 1 aliphatic rings. The van der Waals surface area contributed by atoms with Gasteiger partial charge in [0.15, 0.2) is 5.78 Å². The van der Waals surface area contributed by atoms with Crippen LogP contribution in [0.1, 0.15) is 25.7 Å². The van der Waals surface area contributed by atoms with Crippen molar-refractivity contribution in [3.8, 4) is 0 Å². The van der Waals surface area contributed by atoms with E-state index in [9.17, 15) is 18.0 Å². The number of methoxy groups -OCH3 is 1. The molecule has 0 atom stereocenters. The van der Waals surface area contributed by atoms with E-state index in [2.05, 4.69) is 4.74 Å². The van der Waals surface area contributed by atoms with Gasteiger partial charge in [0, 0.05) is 13.0 Å². The molecule has 15 heavy (non-hydrogen) atoms. The van der Waals surface area contributed by atoms with E-state index in [-0.39, 0.29) is 31.1 Å². The number of carbonyl (C=O) groups is 1. The fourth-order valence-electron chi connectivity index (χ4n) is 2.00. The lowest BCUT2D eigenvalue weighted by molar-refractivity contribution is -0.184. The first-order valence-corrected chi connectivity index (χ1v) is 5.03. The van der Waals surface area contributed by atoms with Crippen molar-refractivity contribution in [3.05, 3.63) is 0 Å². The first kappa shape index (κ1) is 12.5. The molecular formula is C10H15F3O2. The van der Waals surface area contributed by atoms with Gasteiger partial charge in [-0.05, 0) is 25.7 Å². The number of carbonyl (C=O) groups excluding carboxylic acids is 1. The van der Waals surface area contributed by atoms with E-state index >= 15 is 0 Å². The highest BCUT2D eigenvalue weighted by Gasteiger charge is 2.42. The first-order valence-electron chi connectivity index (χ1n) is 5.03. The SMILES string of the molecule is COCC(=O)C1CCC(C(F)(F)F)CC1. The zero-order valence-electron chi connectivity index (χ0n) is 8.64. The molecule has 2 nitrogen and oxygen atoms in total. The summed E-state index contributed by atoms with van der Waals surface area (Å²) in [6.45, 7) is 0.0152. The van der Waals surface area contributed by atoms with Gasteiger partial charge in [-0.3, -0.25) is 4.79 Å². The van der Waals surface area contributed by atoms with Crippen LogP contribution in [0.3, 0.4) is 0 Å². The Morgan fingerprint density at radius 1 is 1.27 bits per heavy atom. The highest BCUT2D eigenvalue weighted by atomic mass is 19.4. The highest BCUT2D eigenvalue weighted by Crippen LogP contribution is 2.39. The van der Waals surface area contributed by atoms with Crippen LogP contribution in [0.15, 0.2) is 0 Å². The normalized spacial score (nSPS) is 27.7. The number of ketones is 1. The Hall–Kier alpha value is -0.580. The summed E-state index contributed by atoms with van der Waals surface area (Å²) >= 11 is 0. The molecule has 1 aliphatic carbocycles. The Kier molecular flexibility index (Phi) is 4.13. The maximum absolute atomic E-state index is 12.3. The van der Waals surface area contributed by atoms with E-state index in [1.165, 1.54) is 7.11 Å². The van der Waals surface area contributed by atoms with Gasteiger partial charge in [0.1, 0.15) is 6.61 Å². The Balaban J connectivity index is 2.39. The summed E-state index contributed by atoms with van der Waals surface area (Å²) in [6, 6.07) is 0. The highest BCUT2D eigenvalue weighted by molar-refractivity contribution is 5.82. The van der Waals surface area contributed by atoms with Gasteiger partial charge in [-0.2, -0.15) is 13.2 Å². The van der Waals surface area contributed by atoms with Crippen molar-refractivity contribution < 1.29 is 22.7 Å². The van der Waals surface area contributed by atoms with Crippen LogP contribution in [-0.4, -0.2) is 25.7 Å². The van der Waals surface area contributed by atoms with E-state index < -0.39 is 12.1 Å². The lowest BCUT2D eigenvalue weighted by Gasteiger charge is -2.28. The van der Waals surface area contributed by atoms with E-state index in [0.29, 0.717) is 12.8 Å². The molecule has 0 aromatic heterocycles. The molecule has 0 heterocycles. The van der Waals surface area contributed by atoms with Crippen LogP contribution in [-0.2, 0) is 9.53 Å². The average molecular weight is 224 g/mol. The zero-order valence-corrected chi connectivity index (χ0v) is 8.64. The van der Waals surface area contributed by atoms with Gasteiger partial charge in [-0.1, -0.05) is 0 Å². The third-order valence-electron chi connectivity index (χ3n) is 2.93. The molecule has 0 amide bonds. The van der Waals surface area contributed by atoms with E-state index in [1.54, 1.807) is 0 Å². The Morgan fingerprint density at radius 3 is 2.20 bits per heavy atom. The summed E-state index contributed by atoms with van der Waals surface area (Å²) in [7, 11) is 1.42. The van der Waals surface area contributed by atoms with Crippen LogP contribution in [0, 0.1) is 11.8 Å². The van der Waals surface area contributed by atoms with Gasteiger partial charge in [0.2, 0.25) is 0 Å². The number of hydrogen-bond acceptors (Lipinski definition) is 2. The third-order valence-corrected chi connectivity index (χ3v) is 2.93. The van der Waals surface area contributed by atoms with Crippen molar-refractivity contribution in [1.82, 2.24) is 0 Å². The molecule has 0 N–H and O–H groups in total. The van der Waals surface area contributed by atoms with Crippen molar-refractivity contribution in [2.75, 3.05) is 13.7 Å². The van der Waals surface area contributed by atoms with Crippen molar-refractivity contribution >= 4 is 5.78 Å². The van der Waals surface area contributed by atoms with Crippen molar-refractivity contribution in [1.29, 1.82) is 0 Å². The monoisotopic (exact) mass is 224 g/mol. The molecule has 1 saturated carbocycles. The van der Waals surface area contributed by atoms with Gasteiger partial charge in [-0.15, -0.1) is 0 Å². The van der Waals surface area contributed by atoms with Crippen LogP contribution < -0.4 is 0 Å². The van der Waals surface area contributed by atoms with Gasteiger partial charge >= 0.3 is 6.18 Å². The molecule has 1 fully saturated rings. The smallest absolute Gasteiger partial charge is 0.377 e. The molecule has 0 aliphatic heterocycles. The topological polar surface area (TPSA) is 26.3 Å². The largest absolute Gasteiger partial charge is 0.391 e. The average Bonchev–Trinajstić information content (AvgIpc) is 2.17. The summed E-state index contributed by atoms with van der Waals surface area (Å²) in [6.07, 6.45) is -3.28. The van der Waals surface area contributed by atoms with Gasteiger partial charge in [0.25, 0.3) is 0 Å². The summed E-state index contributed by atoms with van der Waals surface area (Å²) in [5.74, 6) is -1.52. The molecule has 0 aromatic rings. The number of halogens is 3. The minimum atomic E-state index is -4.10. The van der Waals surface area contributed by atoms with Gasteiger partial charge < -0.3 is 4.74 Å². The summed E-state index contributed by atoms with van der Waals surface area (Å²) < 4.78 is 41.6. The Bertz CT molecular complexity index is 217. The number of Topliss-reactive ketones (excluding diaryl/α,β-unsaturated/α-hetero) is 1. The minimum absolute atomic E-state index is 0.0152. The standard InChI is InChI=1S/C10H15F3O2/c1-15-6-9(14)7-2-4-8(5-3-7)10(11,12)13/h7-8H,2-6H2,1H3. The second kappa shape index (κ2) is 4.96. The molecule has 0 radical (unpaired) electrons. The number of alkyl halides is 3. The first-order chi connectivity index (χ1) is 6.95. The van der Waals surface area contributed by atoms with E-state index in [1.807, 2.05) is 0 Å². The Morgan fingerprint density at radius 2 is 1.80 bits per heavy atom. The fourth-order valence-corrected chi connectivity index (χ4v) is 2.00. The van der Waals surface area contributed by atoms with E-state index in [4.69, 9.17) is 0 Å². The van der Waals surface area contributed by atoms with Crippen LogP contribution in [0.5, 0.6) is 0 Å². The van der Waals surface area contributed by atoms with Crippen LogP contribution in [0.2, 0.25) is 0 Å². The summed E-state index contributed by atoms with van der Waals surface area (Å²) in [5.41, 5.74) is 0. The lowest BCUT2D eigenvalue weighted by atomic mass is 9.80. The minimum Gasteiger partial charge on any atom is -0.377 e. The molecule has 5 heteroatoms. The zero-order chi connectivity index (χ0) is 11.5. The molecule has 0 bridgehead atoms. The Labute approximate surface area is 86.8 Å². The van der Waals surface area contributed by atoms with Crippen LogP contribution >= 0.6 is 0 Å². The predicted octanol–water partition coefficient (Wildman–Crippen LogP) is 2.57. The number of rotatable bonds is 3. The summed E-state index contributed by atoms with van der Waals surface area (Å²) in [5, 5.41) is 0. The molecule has 0 aromatic carbocycles. The third kappa shape index (κ3) is 3.48. The van der Waals surface area contributed by atoms with Crippen LogP contribution in [0.25, 0.3) is 0 Å². The molecular weight excluding hydrogens is 209 g/mol. The lowest BCUT2D eigenvalue weighted by Crippen LogP contribution is -2.31. The van der Waals surface area contributed by atoms with E-state index in [0.717, 1.165) is 0 Å². The second-order valence-electron chi connectivity index (χ2n) is 3.99. The molecule has 88 valence electrons. The molecule has 0 unspecified atom stereocenters. The van der Waals surface area contributed by atoms with Crippen molar-refractivity contribution in [3.63, 3.8) is 0 Å². The molecule has 1 rings (SSSR count). The quantitative estimate of drug-likeness (QED) is 0.736. The maximum Gasteiger partial charge on any atom is 0.391 e. The maximum atomic E-state index is 12.3. The van der Waals surface area contributed by atoms with Gasteiger partial charge in [-0.25, -0.2) is 0 Å². The predicted molar refractivity (Wildman–Crippen MR) is 48.4 cm³/mol. The van der Waals surface area contributed by atoms with Crippen LogP contribution in [0.4, 0.5) is 13.2 Å². The van der Waals surface area contributed by atoms with Crippen molar-refractivity contribution in [2.24, 2.45) is 11.8 Å². The fraction of sp³-hybridized carbons (Fsp3) is 0.900. The van der Waals surface area contributed by atoms with Gasteiger partial charge in [0.05, 0.1) is 5.92 Å². The van der Waals surface area contributed by atoms with Crippen molar-refractivity contribution in [2.45, 2.75) is 31.9 Å². The molecule has 0 saturated heterocycles.